The second-order valence-corrected chi connectivity index (χ2v) is 6.33. The molecule has 0 aliphatic carbocycles. The third kappa shape index (κ3) is 3.80. The zero-order valence-electron chi connectivity index (χ0n) is 13.4. The summed E-state index contributed by atoms with van der Waals surface area (Å²) in [6.45, 7) is 2.65. The van der Waals surface area contributed by atoms with E-state index in [1.54, 1.807) is 35.4 Å². The van der Waals surface area contributed by atoms with Crippen LogP contribution in [0.1, 0.15) is 10.4 Å². The van der Waals surface area contributed by atoms with Gasteiger partial charge in [-0.15, -0.1) is 21.5 Å². The number of amides is 1. The minimum absolute atomic E-state index is 0.000820. The molecule has 7 heteroatoms. The van der Waals surface area contributed by atoms with Crippen LogP contribution in [0, 0.1) is 6.92 Å². The molecule has 24 heavy (non-hydrogen) atoms. The van der Waals surface area contributed by atoms with Crippen LogP contribution in [0.5, 0.6) is 5.75 Å². The van der Waals surface area contributed by atoms with Crippen LogP contribution in [-0.4, -0.2) is 34.7 Å². The molecule has 0 bridgehead atoms. The number of aryl methyl sites for hydroxylation is 1. The number of carbonyl (C=O) groups is 1. The van der Waals surface area contributed by atoms with Crippen LogP contribution in [0.15, 0.2) is 46.5 Å². The van der Waals surface area contributed by atoms with E-state index in [1.807, 2.05) is 24.4 Å². The Hall–Kier alpha value is -2.67. The number of ether oxygens (including phenoxy) is 1. The summed E-state index contributed by atoms with van der Waals surface area (Å²) in [5.41, 5.74) is 2.01. The van der Waals surface area contributed by atoms with Crippen molar-refractivity contribution in [1.82, 2.24) is 15.1 Å². The molecule has 1 amide bonds. The molecule has 0 fully saturated rings. The molecular formula is C17H17N3O3S. The molecular weight excluding hydrogens is 326 g/mol. The van der Waals surface area contributed by atoms with Gasteiger partial charge >= 0.3 is 0 Å². The van der Waals surface area contributed by atoms with E-state index < -0.39 is 0 Å². The number of likely N-dealkylation sites (N-methyl/N-ethyl adjacent to an activating group) is 1. The van der Waals surface area contributed by atoms with Gasteiger partial charge in [-0.1, -0.05) is 0 Å². The van der Waals surface area contributed by atoms with Gasteiger partial charge in [-0.05, 0) is 48.2 Å². The van der Waals surface area contributed by atoms with E-state index in [0.717, 1.165) is 5.56 Å². The first kappa shape index (κ1) is 16.2. The maximum Gasteiger partial charge on any atom is 0.260 e. The normalized spacial score (nSPS) is 10.6. The second-order valence-electron chi connectivity index (χ2n) is 5.33. The standard InChI is InChI=1S/C17H17N3O3S/c1-12-7-8-24-15(12)9-20(2)16(21)10-22-14-5-3-13(4-6-14)17-19-18-11-23-17/h3-8,11H,9-10H2,1-2H3. The van der Waals surface area contributed by atoms with Gasteiger partial charge in [0, 0.05) is 17.5 Å². The number of hydrogen-bond acceptors (Lipinski definition) is 6. The molecule has 0 spiro atoms. The topological polar surface area (TPSA) is 68.5 Å². The second kappa shape index (κ2) is 7.27. The molecule has 0 saturated heterocycles. The van der Waals surface area contributed by atoms with Crippen molar-refractivity contribution in [2.75, 3.05) is 13.7 Å². The molecule has 0 atom stereocenters. The van der Waals surface area contributed by atoms with Crippen LogP contribution in [0.2, 0.25) is 0 Å². The van der Waals surface area contributed by atoms with Crippen LogP contribution in [0.4, 0.5) is 0 Å². The molecule has 124 valence electrons. The summed E-state index contributed by atoms with van der Waals surface area (Å²) < 4.78 is 10.7. The van der Waals surface area contributed by atoms with Crippen LogP contribution in [-0.2, 0) is 11.3 Å². The lowest BCUT2D eigenvalue weighted by Gasteiger charge is -2.17. The monoisotopic (exact) mass is 343 g/mol. The molecule has 1 aromatic carbocycles. The van der Waals surface area contributed by atoms with E-state index in [9.17, 15) is 4.79 Å². The van der Waals surface area contributed by atoms with Gasteiger partial charge < -0.3 is 14.1 Å². The summed E-state index contributed by atoms with van der Waals surface area (Å²) in [6.07, 6.45) is 1.28. The first-order chi connectivity index (χ1) is 11.6. The fourth-order valence-corrected chi connectivity index (χ4v) is 3.08. The Morgan fingerprint density at radius 3 is 2.71 bits per heavy atom. The molecule has 0 aliphatic heterocycles. The minimum Gasteiger partial charge on any atom is -0.484 e. The Bertz CT molecular complexity index is 797. The molecule has 3 rings (SSSR count). The lowest BCUT2D eigenvalue weighted by molar-refractivity contribution is -0.132. The number of carbonyl (C=O) groups excluding carboxylic acids is 1. The highest BCUT2D eigenvalue weighted by molar-refractivity contribution is 7.10. The van der Waals surface area contributed by atoms with Crippen molar-refractivity contribution in [1.29, 1.82) is 0 Å². The average molecular weight is 343 g/mol. The lowest BCUT2D eigenvalue weighted by atomic mass is 10.2. The summed E-state index contributed by atoms with van der Waals surface area (Å²) in [7, 11) is 1.78. The van der Waals surface area contributed by atoms with Crippen LogP contribution < -0.4 is 4.74 Å². The summed E-state index contributed by atoms with van der Waals surface area (Å²) in [5, 5.41) is 9.51. The molecule has 0 radical (unpaired) electrons. The highest BCUT2D eigenvalue weighted by Gasteiger charge is 2.12. The van der Waals surface area contributed by atoms with Crippen LogP contribution >= 0.6 is 11.3 Å². The van der Waals surface area contributed by atoms with E-state index >= 15 is 0 Å². The number of nitrogens with zero attached hydrogens (tertiary/aromatic N) is 3. The highest BCUT2D eigenvalue weighted by Crippen LogP contribution is 2.20. The fraction of sp³-hybridized carbons (Fsp3) is 0.235. The van der Waals surface area contributed by atoms with Crippen molar-refractivity contribution < 1.29 is 13.9 Å². The number of aromatic nitrogens is 2. The van der Waals surface area contributed by atoms with E-state index in [4.69, 9.17) is 9.15 Å². The molecule has 0 unspecified atom stereocenters. The smallest absolute Gasteiger partial charge is 0.260 e. The first-order valence-corrected chi connectivity index (χ1v) is 8.28. The van der Waals surface area contributed by atoms with Gasteiger partial charge in [0.2, 0.25) is 12.3 Å². The highest BCUT2D eigenvalue weighted by atomic mass is 32.1. The van der Waals surface area contributed by atoms with Gasteiger partial charge in [0.25, 0.3) is 5.91 Å². The Kier molecular flexibility index (Phi) is 4.90. The van der Waals surface area contributed by atoms with Gasteiger partial charge in [0.1, 0.15) is 5.75 Å². The number of thiophene rings is 1. The molecule has 0 saturated carbocycles. The zero-order chi connectivity index (χ0) is 16.9. The number of hydrogen-bond donors (Lipinski definition) is 0. The number of rotatable bonds is 6. The maximum atomic E-state index is 12.2. The van der Waals surface area contributed by atoms with Crippen molar-refractivity contribution in [3.8, 4) is 17.2 Å². The van der Waals surface area contributed by atoms with E-state index in [1.165, 1.54) is 16.8 Å². The van der Waals surface area contributed by atoms with Crippen molar-refractivity contribution in [3.05, 3.63) is 52.5 Å². The summed E-state index contributed by atoms with van der Waals surface area (Å²) in [5.74, 6) is 1.000. The van der Waals surface area contributed by atoms with Crippen molar-refractivity contribution in [2.24, 2.45) is 0 Å². The van der Waals surface area contributed by atoms with E-state index in [0.29, 0.717) is 18.2 Å². The average Bonchev–Trinajstić information content (AvgIpc) is 3.26. The predicted octanol–water partition coefficient (Wildman–Crippen LogP) is 3.14. The largest absolute Gasteiger partial charge is 0.484 e. The van der Waals surface area contributed by atoms with Crippen LogP contribution in [0.25, 0.3) is 11.5 Å². The Balaban J connectivity index is 1.53. The van der Waals surface area contributed by atoms with Crippen LogP contribution in [0.3, 0.4) is 0 Å². The molecule has 2 aromatic heterocycles. The summed E-state index contributed by atoms with van der Waals surface area (Å²) in [6, 6.07) is 9.23. The van der Waals surface area contributed by atoms with Crippen molar-refractivity contribution in [2.45, 2.75) is 13.5 Å². The van der Waals surface area contributed by atoms with Gasteiger partial charge in [0.05, 0.1) is 6.54 Å². The molecule has 3 aromatic rings. The predicted molar refractivity (Wildman–Crippen MR) is 90.8 cm³/mol. The van der Waals surface area contributed by atoms with Gasteiger partial charge in [-0.2, -0.15) is 0 Å². The molecule has 0 N–H and O–H groups in total. The minimum atomic E-state index is -0.0659. The van der Waals surface area contributed by atoms with E-state index in [-0.39, 0.29) is 12.5 Å². The Morgan fingerprint density at radius 2 is 2.08 bits per heavy atom. The molecule has 6 nitrogen and oxygen atoms in total. The SMILES string of the molecule is Cc1ccsc1CN(C)C(=O)COc1ccc(-c2nnco2)cc1. The third-order valence-electron chi connectivity index (χ3n) is 3.60. The molecule has 0 aliphatic rings. The lowest BCUT2D eigenvalue weighted by Crippen LogP contribution is -2.30. The van der Waals surface area contributed by atoms with Gasteiger partial charge in [0.15, 0.2) is 6.61 Å². The zero-order valence-corrected chi connectivity index (χ0v) is 14.2. The summed E-state index contributed by atoms with van der Waals surface area (Å²) >= 11 is 1.66. The van der Waals surface area contributed by atoms with Crippen molar-refractivity contribution in [3.63, 3.8) is 0 Å². The van der Waals surface area contributed by atoms with Crippen molar-refractivity contribution >= 4 is 17.2 Å². The molecule has 2 heterocycles. The number of benzene rings is 1. The maximum absolute atomic E-state index is 12.2. The first-order valence-electron chi connectivity index (χ1n) is 7.40. The van der Waals surface area contributed by atoms with Gasteiger partial charge in [-0.3, -0.25) is 4.79 Å². The van der Waals surface area contributed by atoms with Gasteiger partial charge in [-0.25, -0.2) is 0 Å². The Labute approximate surface area is 143 Å². The van der Waals surface area contributed by atoms with E-state index in [2.05, 4.69) is 16.3 Å². The third-order valence-corrected chi connectivity index (χ3v) is 4.61. The quantitative estimate of drug-likeness (QED) is 0.688. The fourth-order valence-electron chi connectivity index (χ4n) is 2.12. The Morgan fingerprint density at radius 1 is 1.29 bits per heavy atom. The summed E-state index contributed by atoms with van der Waals surface area (Å²) in [4.78, 5) is 15.0.